The Kier molecular flexibility index (Phi) is 5.84. The summed E-state index contributed by atoms with van der Waals surface area (Å²) < 4.78 is 0. The van der Waals surface area contributed by atoms with Crippen molar-refractivity contribution in [2.45, 2.75) is 39.4 Å². The highest BCUT2D eigenvalue weighted by molar-refractivity contribution is 7.17. The molecule has 0 fully saturated rings. The Morgan fingerprint density at radius 1 is 1.37 bits per heavy atom. The highest BCUT2D eigenvalue weighted by atomic mass is 35.5. The van der Waals surface area contributed by atoms with Crippen LogP contribution in [0.2, 0.25) is 5.02 Å². The monoisotopic (exact) mass is 400 g/mol. The molecule has 1 aliphatic rings. The molecule has 1 aliphatic heterocycles. The number of thiophene rings is 1. The van der Waals surface area contributed by atoms with Crippen molar-refractivity contribution in [2.75, 3.05) is 11.9 Å². The molecule has 0 saturated carbocycles. The first kappa shape index (κ1) is 19.8. The second kappa shape index (κ2) is 7.97. The number of anilines is 1. The summed E-state index contributed by atoms with van der Waals surface area (Å²) in [5.41, 5.74) is 4.32. The average molecular weight is 401 g/mol. The second-order valence-corrected chi connectivity index (χ2v) is 8.37. The first-order valence-corrected chi connectivity index (χ1v) is 10.1. The Bertz CT molecular complexity index is 898. The predicted octanol–water partition coefficient (Wildman–Crippen LogP) is 5.16. The summed E-state index contributed by atoms with van der Waals surface area (Å²) in [5.74, 6) is 0.499. The van der Waals surface area contributed by atoms with Gasteiger partial charge in [0.15, 0.2) is 0 Å². The lowest BCUT2D eigenvalue weighted by molar-refractivity contribution is 0.477. The molecule has 2 unspecified atom stereocenters. The van der Waals surface area contributed by atoms with Gasteiger partial charge in [-0.25, -0.2) is 0 Å². The van der Waals surface area contributed by atoms with Gasteiger partial charge in [0.25, 0.3) is 0 Å². The summed E-state index contributed by atoms with van der Waals surface area (Å²) in [6.45, 7) is 10.0. The van der Waals surface area contributed by atoms with Crippen molar-refractivity contribution in [3.8, 4) is 0 Å². The summed E-state index contributed by atoms with van der Waals surface area (Å²) in [6, 6.07) is 7.78. The largest absolute Gasteiger partial charge is 0.303 e. The molecule has 0 saturated heterocycles. The number of likely N-dealkylation sites (N-methyl/N-ethyl adjacent to an activating group) is 1. The van der Waals surface area contributed by atoms with Crippen molar-refractivity contribution in [3.63, 3.8) is 0 Å². The minimum Gasteiger partial charge on any atom is -0.303 e. The van der Waals surface area contributed by atoms with Crippen LogP contribution in [0.4, 0.5) is 5.00 Å². The van der Waals surface area contributed by atoms with Gasteiger partial charge in [0, 0.05) is 21.0 Å². The van der Waals surface area contributed by atoms with Crippen LogP contribution >= 0.6 is 22.9 Å². The number of aliphatic imine (C=N–C) groups is 1. The zero-order valence-corrected chi connectivity index (χ0v) is 17.7. The van der Waals surface area contributed by atoms with Crippen LogP contribution in [0.5, 0.6) is 0 Å². The average Bonchev–Trinajstić information content (AvgIpc) is 2.83. The van der Waals surface area contributed by atoms with Gasteiger partial charge in [-0.2, -0.15) is 0 Å². The smallest absolute Gasteiger partial charge is 0.109 e. The van der Waals surface area contributed by atoms with E-state index < -0.39 is 0 Å². The van der Waals surface area contributed by atoms with E-state index in [0.717, 1.165) is 28.3 Å². The van der Waals surface area contributed by atoms with Crippen LogP contribution < -0.4 is 10.2 Å². The van der Waals surface area contributed by atoms with Crippen LogP contribution in [0.15, 0.2) is 41.9 Å². The topological polar surface area (TPSA) is 51.5 Å². The molecule has 142 valence electrons. The zero-order chi connectivity index (χ0) is 19.7. The van der Waals surface area contributed by atoms with Gasteiger partial charge in [-0.1, -0.05) is 29.8 Å². The molecule has 2 heterocycles. The molecular weight excluding hydrogens is 376 g/mol. The standard InChI is InChI=1S/C21H25ClN4S/c1-6-7-17-20(24-5)26(14(4)23)21-18(12(2)13(3)27-21)19(25-17)15-8-10-16(22)11-9-15/h6,8-11,17,20,23-24H,1,7H2,2-5H3. The molecule has 0 aliphatic carbocycles. The van der Waals surface area contributed by atoms with Crippen molar-refractivity contribution in [1.29, 1.82) is 5.41 Å². The molecule has 2 N–H and O–H groups in total. The molecular formula is C21H25ClN4S. The lowest BCUT2D eigenvalue weighted by atomic mass is 9.99. The van der Waals surface area contributed by atoms with Crippen molar-refractivity contribution >= 4 is 39.5 Å². The zero-order valence-electron chi connectivity index (χ0n) is 16.1. The molecule has 6 heteroatoms. The Labute approximate surface area is 170 Å². The molecule has 3 rings (SSSR count). The molecule has 0 spiro atoms. The third kappa shape index (κ3) is 3.59. The number of fused-ring (bicyclic) bond motifs is 1. The van der Waals surface area contributed by atoms with Crippen molar-refractivity contribution in [2.24, 2.45) is 4.99 Å². The number of hydrogen-bond acceptors (Lipinski definition) is 4. The van der Waals surface area contributed by atoms with E-state index in [1.54, 1.807) is 11.3 Å². The van der Waals surface area contributed by atoms with E-state index in [4.69, 9.17) is 22.0 Å². The Morgan fingerprint density at radius 2 is 2.04 bits per heavy atom. The summed E-state index contributed by atoms with van der Waals surface area (Å²) in [6.07, 6.45) is 2.51. The van der Waals surface area contributed by atoms with Crippen molar-refractivity contribution in [1.82, 2.24) is 5.32 Å². The molecule has 4 nitrogen and oxygen atoms in total. The third-order valence-electron chi connectivity index (χ3n) is 4.94. The van der Waals surface area contributed by atoms with E-state index in [-0.39, 0.29) is 12.2 Å². The van der Waals surface area contributed by atoms with Crippen LogP contribution in [0.25, 0.3) is 0 Å². The fraction of sp³-hybridized carbons (Fsp3) is 0.333. The van der Waals surface area contributed by atoms with E-state index in [2.05, 4.69) is 30.6 Å². The van der Waals surface area contributed by atoms with Gasteiger partial charge in [0.05, 0.1) is 17.6 Å². The fourth-order valence-corrected chi connectivity index (χ4v) is 4.89. The summed E-state index contributed by atoms with van der Waals surface area (Å²) in [4.78, 5) is 8.48. The van der Waals surface area contributed by atoms with Gasteiger partial charge in [-0.05, 0) is 51.9 Å². The number of aryl methyl sites for hydroxylation is 1. The summed E-state index contributed by atoms with van der Waals surface area (Å²) >= 11 is 7.83. The Hall–Kier alpha value is -1.95. The number of benzene rings is 1. The van der Waals surface area contributed by atoms with Crippen LogP contribution in [-0.4, -0.2) is 30.8 Å². The van der Waals surface area contributed by atoms with E-state index in [1.165, 1.54) is 10.4 Å². The van der Waals surface area contributed by atoms with Crippen molar-refractivity contribution < 1.29 is 0 Å². The maximum atomic E-state index is 8.45. The molecule has 0 amide bonds. The van der Waals surface area contributed by atoms with E-state index in [0.29, 0.717) is 10.9 Å². The molecule has 1 aromatic heterocycles. The highest BCUT2D eigenvalue weighted by Gasteiger charge is 2.35. The number of amidine groups is 1. The van der Waals surface area contributed by atoms with Crippen LogP contribution in [0, 0.1) is 19.3 Å². The first-order valence-electron chi connectivity index (χ1n) is 8.95. The normalized spacial score (nSPS) is 19.3. The highest BCUT2D eigenvalue weighted by Crippen LogP contribution is 2.41. The molecule has 27 heavy (non-hydrogen) atoms. The van der Waals surface area contributed by atoms with Crippen molar-refractivity contribution in [3.05, 3.63) is 63.5 Å². The fourth-order valence-electron chi connectivity index (χ4n) is 3.52. The maximum absolute atomic E-state index is 8.45. The maximum Gasteiger partial charge on any atom is 0.109 e. The number of hydrogen-bond donors (Lipinski definition) is 2. The second-order valence-electron chi connectivity index (χ2n) is 6.73. The molecule has 0 radical (unpaired) electrons. The predicted molar refractivity (Wildman–Crippen MR) is 118 cm³/mol. The number of nitrogens with zero attached hydrogens (tertiary/aromatic N) is 2. The number of nitrogens with one attached hydrogen (secondary N) is 2. The Morgan fingerprint density at radius 3 is 2.59 bits per heavy atom. The minimum absolute atomic E-state index is 0.0576. The van der Waals surface area contributed by atoms with Crippen LogP contribution in [-0.2, 0) is 0 Å². The lowest BCUT2D eigenvalue weighted by Gasteiger charge is -2.33. The summed E-state index contributed by atoms with van der Waals surface area (Å²) in [5, 5.41) is 13.6. The Balaban J connectivity index is 2.32. The molecule has 2 aromatic rings. The number of halogens is 1. The quantitative estimate of drug-likeness (QED) is 0.423. The first-order chi connectivity index (χ1) is 12.9. The van der Waals surface area contributed by atoms with E-state index >= 15 is 0 Å². The van der Waals surface area contributed by atoms with Crippen LogP contribution in [0.3, 0.4) is 0 Å². The van der Waals surface area contributed by atoms with Gasteiger partial charge in [0.1, 0.15) is 11.2 Å². The lowest BCUT2D eigenvalue weighted by Crippen LogP contribution is -2.52. The minimum atomic E-state index is -0.110. The summed E-state index contributed by atoms with van der Waals surface area (Å²) in [7, 11) is 1.92. The van der Waals surface area contributed by atoms with Gasteiger partial charge < -0.3 is 4.90 Å². The van der Waals surface area contributed by atoms with E-state index in [9.17, 15) is 0 Å². The molecule has 0 bridgehead atoms. The van der Waals surface area contributed by atoms with Gasteiger partial charge >= 0.3 is 0 Å². The third-order valence-corrected chi connectivity index (χ3v) is 6.40. The SMILES string of the molecule is C=CCC1N=C(c2ccc(Cl)cc2)c2c(sc(C)c2C)N(C(C)=N)C1NC. The van der Waals surface area contributed by atoms with E-state index in [1.807, 2.05) is 44.3 Å². The molecule has 1 aromatic carbocycles. The molecule has 2 atom stereocenters. The van der Waals surface area contributed by atoms with Gasteiger partial charge in [-0.3, -0.25) is 15.7 Å². The van der Waals surface area contributed by atoms with Gasteiger partial charge in [0.2, 0.25) is 0 Å². The number of rotatable bonds is 4. The van der Waals surface area contributed by atoms with Gasteiger partial charge in [-0.15, -0.1) is 17.9 Å². The van der Waals surface area contributed by atoms with Crippen LogP contribution in [0.1, 0.15) is 34.9 Å².